The number of nitrogens with zero attached hydrogens (tertiary/aromatic N) is 1. The van der Waals surface area contributed by atoms with Gasteiger partial charge in [-0.05, 0) is 25.5 Å². The Morgan fingerprint density at radius 3 is 2.80 bits per heavy atom. The number of halogens is 1. The zero-order valence-corrected chi connectivity index (χ0v) is 8.75. The second kappa shape index (κ2) is 3.85. The van der Waals surface area contributed by atoms with Gasteiger partial charge in [-0.3, -0.25) is 0 Å². The molecule has 1 aromatic carbocycles. The van der Waals surface area contributed by atoms with Gasteiger partial charge in [0.15, 0.2) is 5.76 Å². The molecule has 15 heavy (non-hydrogen) atoms. The maximum absolute atomic E-state index is 13.5. The van der Waals surface area contributed by atoms with Crippen molar-refractivity contribution >= 4 is 0 Å². The average molecular weight is 205 g/mol. The van der Waals surface area contributed by atoms with Gasteiger partial charge in [0.25, 0.3) is 0 Å². The monoisotopic (exact) mass is 205 g/mol. The predicted octanol–water partition coefficient (Wildman–Crippen LogP) is 3.35. The van der Waals surface area contributed by atoms with E-state index in [-0.39, 0.29) is 5.82 Å². The van der Waals surface area contributed by atoms with Gasteiger partial charge < -0.3 is 4.52 Å². The van der Waals surface area contributed by atoms with Gasteiger partial charge in [0.2, 0.25) is 0 Å². The Balaban J connectivity index is 2.48. The molecule has 0 aliphatic carbocycles. The zero-order valence-electron chi connectivity index (χ0n) is 8.75. The van der Waals surface area contributed by atoms with E-state index in [4.69, 9.17) is 4.52 Å². The Morgan fingerprint density at radius 2 is 2.13 bits per heavy atom. The summed E-state index contributed by atoms with van der Waals surface area (Å²) in [5, 5.41) is 3.84. The Bertz CT molecular complexity index is 476. The second-order valence-corrected chi connectivity index (χ2v) is 3.52. The first-order chi connectivity index (χ1) is 7.20. The fourth-order valence-electron chi connectivity index (χ4n) is 1.43. The molecule has 0 atom stereocenters. The minimum atomic E-state index is -0.278. The minimum absolute atomic E-state index is 0.278. The maximum Gasteiger partial charge on any atom is 0.170 e. The van der Waals surface area contributed by atoms with Gasteiger partial charge in [-0.25, -0.2) is 4.39 Å². The topological polar surface area (TPSA) is 26.0 Å². The summed E-state index contributed by atoms with van der Waals surface area (Å²) in [6, 6.07) is 6.71. The van der Waals surface area contributed by atoms with E-state index in [1.54, 1.807) is 18.2 Å². The molecule has 0 spiro atoms. The van der Waals surface area contributed by atoms with Crippen LogP contribution in [0.5, 0.6) is 0 Å². The SMILES string of the molecule is CCc1cc(-c2cc(C)ccc2F)on1. The Labute approximate surface area is 87.7 Å². The number of hydrogen-bond acceptors (Lipinski definition) is 2. The van der Waals surface area contributed by atoms with E-state index in [2.05, 4.69) is 5.16 Å². The van der Waals surface area contributed by atoms with E-state index < -0.39 is 0 Å². The standard InChI is InChI=1S/C12H12FNO/c1-3-9-7-12(15-14-9)10-6-8(2)4-5-11(10)13/h4-7H,3H2,1-2H3. The number of aryl methyl sites for hydroxylation is 2. The van der Waals surface area contributed by atoms with Crippen LogP contribution in [0.3, 0.4) is 0 Å². The van der Waals surface area contributed by atoms with E-state index in [1.165, 1.54) is 6.07 Å². The largest absolute Gasteiger partial charge is 0.356 e. The van der Waals surface area contributed by atoms with E-state index in [0.717, 1.165) is 17.7 Å². The van der Waals surface area contributed by atoms with E-state index in [0.29, 0.717) is 11.3 Å². The normalized spacial score (nSPS) is 10.6. The smallest absolute Gasteiger partial charge is 0.170 e. The van der Waals surface area contributed by atoms with Crippen molar-refractivity contribution in [3.05, 3.63) is 41.3 Å². The third-order valence-electron chi connectivity index (χ3n) is 2.31. The van der Waals surface area contributed by atoms with Gasteiger partial charge in [-0.2, -0.15) is 0 Å². The summed E-state index contributed by atoms with van der Waals surface area (Å²) in [4.78, 5) is 0. The number of rotatable bonds is 2. The third-order valence-corrected chi connectivity index (χ3v) is 2.31. The van der Waals surface area contributed by atoms with Crippen LogP contribution in [0.1, 0.15) is 18.2 Å². The van der Waals surface area contributed by atoms with Crippen LogP contribution in [0.15, 0.2) is 28.8 Å². The Hall–Kier alpha value is -1.64. The molecule has 0 unspecified atom stereocenters. The van der Waals surface area contributed by atoms with E-state index in [1.807, 2.05) is 13.8 Å². The Kier molecular flexibility index (Phi) is 2.54. The van der Waals surface area contributed by atoms with Crippen molar-refractivity contribution in [1.82, 2.24) is 5.16 Å². The summed E-state index contributed by atoms with van der Waals surface area (Å²) in [7, 11) is 0. The summed E-state index contributed by atoms with van der Waals surface area (Å²) in [5.41, 5.74) is 2.31. The van der Waals surface area contributed by atoms with Crippen molar-refractivity contribution in [3.63, 3.8) is 0 Å². The highest BCUT2D eigenvalue weighted by Gasteiger charge is 2.10. The van der Waals surface area contributed by atoms with Crippen molar-refractivity contribution in [3.8, 4) is 11.3 Å². The van der Waals surface area contributed by atoms with Crippen LogP contribution in [0, 0.1) is 12.7 Å². The molecule has 1 aromatic heterocycles. The molecule has 0 aliphatic rings. The van der Waals surface area contributed by atoms with Crippen LogP contribution in [0.2, 0.25) is 0 Å². The predicted molar refractivity (Wildman–Crippen MR) is 56.0 cm³/mol. The molecule has 2 rings (SSSR count). The lowest BCUT2D eigenvalue weighted by Crippen LogP contribution is -1.83. The molecule has 0 fully saturated rings. The van der Waals surface area contributed by atoms with Gasteiger partial charge in [-0.15, -0.1) is 0 Å². The molecule has 0 saturated carbocycles. The Morgan fingerprint density at radius 1 is 1.33 bits per heavy atom. The second-order valence-electron chi connectivity index (χ2n) is 3.52. The van der Waals surface area contributed by atoms with Crippen LogP contribution in [-0.4, -0.2) is 5.16 Å². The lowest BCUT2D eigenvalue weighted by atomic mass is 10.1. The highest BCUT2D eigenvalue weighted by Crippen LogP contribution is 2.24. The van der Waals surface area contributed by atoms with Gasteiger partial charge in [-0.1, -0.05) is 23.7 Å². The van der Waals surface area contributed by atoms with Gasteiger partial charge in [0.1, 0.15) is 5.82 Å². The summed E-state index contributed by atoms with van der Waals surface area (Å²) in [6.07, 6.45) is 0.789. The summed E-state index contributed by atoms with van der Waals surface area (Å²) in [6.45, 7) is 3.90. The van der Waals surface area contributed by atoms with E-state index in [9.17, 15) is 4.39 Å². The van der Waals surface area contributed by atoms with Crippen molar-refractivity contribution < 1.29 is 8.91 Å². The maximum atomic E-state index is 13.5. The molecule has 0 N–H and O–H groups in total. The first-order valence-electron chi connectivity index (χ1n) is 4.93. The zero-order chi connectivity index (χ0) is 10.8. The van der Waals surface area contributed by atoms with Gasteiger partial charge in [0.05, 0.1) is 11.3 Å². The van der Waals surface area contributed by atoms with E-state index >= 15 is 0 Å². The van der Waals surface area contributed by atoms with Crippen LogP contribution < -0.4 is 0 Å². The van der Waals surface area contributed by atoms with Gasteiger partial charge in [0, 0.05) is 6.07 Å². The number of aromatic nitrogens is 1. The molecular weight excluding hydrogens is 193 g/mol. The lowest BCUT2D eigenvalue weighted by Gasteiger charge is -1.99. The molecule has 0 radical (unpaired) electrons. The van der Waals surface area contributed by atoms with Crippen LogP contribution in [0.4, 0.5) is 4.39 Å². The fourth-order valence-corrected chi connectivity index (χ4v) is 1.43. The summed E-state index contributed by atoms with van der Waals surface area (Å²) in [5.74, 6) is 0.215. The molecule has 0 amide bonds. The minimum Gasteiger partial charge on any atom is -0.356 e. The van der Waals surface area contributed by atoms with Crippen LogP contribution in [0.25, 0.3) is 11.3 Å². The molecular formula is C12H12FNO. The number of hydrogen-bond donors (Lipinski definition) is 0. The molecule has 2 aromatic rings. The van der Waals surface area contributed by atoms with Crippen molar-refractivity contribution in [1.29, 1.82) is 0 Å². The quantitative estimate of drug-likeness (QED) is 0.751. The van der Waals surface area contributed by atoms with Crippen molar-refractivity contribution in [2.45, 2.75) is 20.3 Å². The molecule has 1 heterocycles. The van der Waals surface area contributed by atoms with Crippen molar-refractivity contribution in [2.75, 3.05) is 0 Å². The summed E-state index contributed by atoms with van der Waals surface area (Å²) < 4.78 is 18.6. The number of benzene rings is 1. The highest BCUT2D eigenvalue weighted by atomic mass is 19.1. The van der Waals surface area contributed by atoms with Crippen molar-refractivity contribution in [2.24, 2.45) is 0 Å². The fraction of sp³-hybridized carbons (Fsp3) is 0.250. The van der Waals surface area contributed by atoms with Gasteiger partial charge >= 0.3 is 0 Å². The molecule has 3 heteroatoms. The molecule has 0 bridgehead atoms. The molecule has 2 nitrogen and oxygen atoms in total. The summed E-state index contributed by atoms with van der Waals surface area (Å²) >= 11 is 0. The molecule has 0 aliphatic heterocycles. The lowest BCUT2D eigenvalue weighted by molar-refractivity contribution is 0.422. The first kappa shape index (κ1) is 9.90. The molecule has 78 valence electrons. The molecule has 0 saturated heterocycles. The van der Waals surface area contributed by atoms with Crippen LogP contribution >= 0.6 is 0 Å². The first-order valence-corrected chi connectivity index (χ1v) is 4.93. The highest BCUT2D eigenvalue weighted by molar-refractivity contribution is 5.59. The average Bonchev–Trinajstić information content (AvgIpc) is 2.70. The van der Waals surface area contributed by atoms with Crippen LogP contribution in [-0.2, 0) is 6.42 Å². The third kappa shape index (κ3) is 1.91.